The van der Waals surface area contributed by atoms with Crippen LogP contribution in [0, 0.1) is 5.92 Å². The van der Waals surface area contributed by atoms with Crippen LogP contribution in [0.4, 0.5) is 0 Å². The van der Waals surface area contributed by atoms with Crippen LogP contribution in [0.2, 0.25) is 0 Å². The Morgan fingerprint density at radius 2 is 1.75 bits per heavy atom. The Labute approximate surface area is 75.9 Å². The molecule has 2 heteroatoms. The Kier molecular flexibility index (Phi) is 6.39. The van der Waals surface area contributed by atoms with Gasteiger partial charge in [0, 0.05) is 0 Å². The van der Waals surface area contributed by atoms with E-state index >= 15 is 0 Å². The summed E-state index contributed by atoms with van der Waals surface area (Å²) in [6, 6.07) is 0. The van der Waals surface area contributed by atoms with E-state index in [1.165, 1.54) is 0 Å². The molecule has 2 nitrogen and oxygen atoms in total. The lowest BCUT2D eigenvalue weighted by Crippen LogP contribution is -2.25. The Hall–Kier alpha value is -0.0800. The third-order valence-electron chi connectivity index (χ3n) is 2.43. The first-order chi connectivity index (χ1) is 5.61. The molecule has 0 radical (unpaired) electrons. The summed E-state index contributed by atoms with van der Waals surface area (Å²) in [5, 5.41) is 9.54. The maximum absolute atomic E-state index is 9.54. The fourth-order valence-electron chi connectivity index (χ4n) is 0.817. The van der Waals surface area contributed by atoms with Crippen molar-refractivity contribution >= 4 is 0 Å². The molecule has 3 atom stereocenters. The summed E-state index contributed by atoms with van der Waals surface area (Å²) in [5.41, 5.74) is 0. The van der Waals surface area contributed by atoms with Crippen molar-refractivity contribution in [2.75, 3.05) is 6.61 Å². The Morgan fingerprint density at radius 1 is 1.17 bits per heavy atom. The number of aliphatic hydroxyl groups is 1. The topological polar surface area (TPSA) is 29.5 Å². The van der Waals surface area contributed by atoms with E-state index in [9.17, 15) is 5.11 Å². The molecule has 0 aromatic heterocycles. The molecule has 0 saturated heterocycles. The average Bonchev–Trinajstić information content (AvgIpc) is 2.11. The highest BCUT2D eigenvalue weighted by Gasteiger charge is 2.12. The minimum atomic E-state index is -0.302. The number of ether oxygens (including phenoxy) is 1. The monoisotopic (exact) mass is 174 g/mol. The van der Waals surface area contributed by atoms with E-state index in [-0.39, 0.29) is 12.2 Å². The summed E-state index contributed by atoms with van der Waals surface area (Å²) < 4.78 is 5.43. The summed E-state index contributed by atoms with van der Waals surface area (Å²) in [5.74, 6) is 0.342. The van der Waals surface area contributed by atoms with Crippen molar-refractivity contribution in [2.24, 2.45) is 5.92 Å². The van der Waals surface area contributed by atoms with Gasteiger partial charge < -0.3 is 9.84 Å². The highest BCUT2D eigenvalue weighted by molar-refractivity contribution is 4.62. The first-order valence-electron chi connectivity index (χ1n) is 4.91. The van der Waals surface area contributed by atoms with Crippen molar-refractivity contribution in [1.82, 2.24) is 0 Å². The van der Waals surface area contributed by atoms with Crippen molar-refractivity contribution in [3.8, 4) is 0 Å². The summed E-state index contributed by atoms with van der Waals surface area (Å²) >= 11 is 0. The molecule has 0 saturated carbocycles. The molecule has 0 aromatic rings. The van der Waals surface area contributed by atoms with E-state index in [2.05, 4.69) is 13.8 Å². The minimum Gasteiger partial charge on any atom is -0.390 e. The molecule has 0 bridgehead atoms. The van der Waals surface area contributed by atoms with Gasteiger partial charge in [0.2, 0.25) is 0 Å². The van der Waals surface area contributed by atoms with Gasteiger partial charge in [0.1, 0.15) is 0 Å². The summed E-state index contributed by atoms with van der Waals surface area (Å²) in [4.78, 5) is 0. The highest BCUT2D eigenvalue weighted by atomic mass is 16.5. The molecule has 0 aliphatic rings. The van der Waals surface area contributed by atoms with Crippen LogP contribution in [0.5, 0.6) is 0 Å². The van der Waals surface area contributed by atoms with Crippen LogP contribution in [0.25, 0.3) is 0 Å². The fraction of sp³-hybridized carbons (Fsp3) is 1.00. The first-order valence-corrected chi connectivity index (χ1v) is 4.91. The van der Waals surface area contributed by atoms with Crippen LogP contribution in [-0.4, -0.2) is 23.9 Å². The number of hydrogen-bond acceptors (Lipinski definition) is 2. The van der Waals surface area contributed by atoms with Gasteiger partial charge in [0.25, 0.3) is 0 Å². The second-order valence-corrected chi connectivity index (χ2v) is 3.51. The Morgan fingerprint density at radius 3 is 2.17 bits per heavy atom. The van der Waals surface area contributed by atoms with Gasteiger partial charge in [-0.05, 0) is 19.3 Å². The molecule has 0 aliphatic heterocycles. The normalized spacial score (nSPS) is 18.8. The minimum absolute atomic E-state index is 0.267. The molecule has 0 rings (SSSR count). The molecule has 0 aliphatic carbocycles. The maximum Gasteiger partial charge on any atom is 0.0799 e. The highest BCUT2D eigenvalue weighted by Crippen LogP contribution is 2.08. The van der Waals surface area contributed by atoms with E-state index in [0.717, 1.165) is 12.8 Å². The summed E-state index contributed by atoms with van der Waals surface area (Å²) in [6.45, 7) is 8.72. The number of hydrogen-bond donors (Lipinski definition) is 1. The molecule has 3 unspecified atom stereocenters. The van der Waals surface area contributed by atoms with Crippen LogP contribution < -0.4 is 0 Å². The van der Waals surface area contributed by atoms with Crippen LogP contribution in [0.3, 0.4) is 0 Å². The van der Waals surface area contributed by atoms with E-state index in [1.54, 1.807) is 0 Å². The third kappa shape index (κ3) is 4.73. The Balaban J connectivity index is 3.49. The van der Waals surface area contributed by atoms with Gasteiger partial charge in [-0.25, -0.2) is 0 Å². The van der Waals surface area contributed by atoms with Gasteiger partial charge in [-0.2, -0.15) is 0 Å². The molecule has 0 heterocycles. The van der Waals surface area contributed by atoms with Crippen molar-refractivity contribution < 1.29 is 9.84 Å². The smallest absolute Gasteiger partial charge is 0.0799 e. The fourth-order valence-corrected chi connectivity index (χ4v) is 0.817. The van der Waals surface area contributed by atoms with Gasteiger partial charge in [-0.3, -0.25) is 0 Å². The van der Waals surface area contributed by atoms with Crippen LogP contribution in [0.15, 0.2) is 0 Å². The molecule has 0 aromatic carbocycles. The average molecular weight is 174 g/mol. The van der Waals surface area contributed by atoms with Gasteiger partial charge in [0.15, 0.2) is 0 Å². The van der Waals surface area contributed by atoms with Gasteiger partial charge in [-0.1, -0.05) is 27.2 Å². The van der Waals surface area contributed by atoms with E-state index in [0.29, 0.717) is 12.5 Å². The second kappa shape index (κ2) is 6.44. The lowest BCUT2D eigenvalue weighted by Gasteiger charge is -2.19. The molecular formula is C10H22O2. The molecule has 0 fully saturated rings. The molecule has 0 spiro atoms. The van der Waals surface area contributed by atoms with E-state index in [4.69, 9.17) is 4.74 Å². The van der Waals surface area contributed by atoms with E-state index in [1.807, 2.05) is 13.8 Å². The zero-order valence-electron chi connectivity index (χ0n) is 8.71. The van der Waals surface area contributed by atoms with Crippen molar-refractivity contribution in [1.29, 1.82) is 0 Å². The maximum atomic E-state index is 9.54. The van der Waals surface area contributed by atoms with E-state index < -0.39 is 0 Å². The largest absolute Gasteiger partial charge is 0.390 e. The summed E-state index contributed by atoms with van der Waals surface area (Å²) in [7, 11) is 0. The molecule has 12 heavy (non-hydrogen) atoms. The van der Waals surface area contributed by atoms with Crippen molar-refractivity contribution in [3.05, 3.63) is 0 Å². The SMILES string of the molecule is CCC(C)OCC(O)C(C)CC. The molecule has 74 valence electrons. The number of rotatable bonds is 6. The van der Waals surface area contributed by atoms with Gasteiger partial charge >= 0.3 is 0 Å². The first kappa shape index (κ1) is 11.9. The molecule has 1 N–H and O–H groups in total. The second-order valence-electron chi connectivity index (χ2n) is 3.51. The van der Waals surface area contributed by atoms with Crippen LogP contribution >= 0.6 is 0 Å². The lowest BCUT2D eigenvalue weighted by molar-refractivity contribution is -0.0236. The number of aliphatic hydroxyl groups excluding tert-OH is 1. The van der Waals surface area contributed by atoms with Gasteiger partial charge in [-0.15, -0.1) is 0 Å². The standard InChI is InChI=1S/C10H22O2/c1-5-8(3)10(11)7-12-9(4)6-2/h8-11H,5-7H2,1-4H3. The predicted molar refractivity (Wildman–Crippen MR) is 51.2 cm³/mol. The van der Waals surface area contributed by atoms with Crippen LogP contribution in [-0.2, 0) is 4.74 Å². The predicted octanol–water partition coefficient (Wildman–Crippen LogP) is 2.21. The molecule has 0 amide bonds. The summed E-state index contributed by atoms with van der Waals surface area (Å²) in [6.07, 6.45) is 1.98. The van der Waals surface area contributed by atoms with Gasteiger partial charge in [0.05, 0.1) is 18.8 Å². The van der Waals surface area contributed by atoms with Crippen molar-refractivity contribution in [3.63, 3.8) is 0 Å². The quantitative estimate of drug-likeness (QED) is 0.669. The van der Waals surface area contributed by atoms with Crippen LogP contribution in [0.1, 0.15) is 40.5 Å². The molecular weight excluding hydrogens is 152 g/mol. The Bertz CT molecular complexity index is 104. The zero-order chi connectivity index (χ0) is 9.56. The van der Waals surface area contributed by atoms with Crippen molar-refractivity contribution in [2.45, 2.75) is 52.7 Å². The zero-order valence-corrected chi connectivity index (χ0v) is 8.71. The third-order valence-corrected chi connectivity index (χ3v) is 2.43. The lowest BCUT2D eigenvalue weighted by atomic mass is 10.0.